The molecule has 160 valence electrons. The molecule has 0 fully saturated rings. The Labute approximate surface area is 190 Å². The molecule has 3 rings (SSSR count). The highest BCUT2D eigenvalue weighted by molar-refractivity contribution is 8.02. The molecule has 0 saturated heterocycles. The minimum absolute atomic E-state index is 0.141. The van der Waals surface area contributed by atoms with Crippen molar-refractivity contribution in [1.82, 2.24) is 0 Å². The van der Waals surface area contributed by atoms with Crippen molar-refractivity contribution in [2.45, 2.75) is 23.9 Å². The van der Waals surface area contributed by atoms with E-state index in [1.54, 1.807) is 12.1 Å². The van der Waals surface area contributed by atoms with Gasteiger partial charge in [-0.2, -0.15) is 11.8 Å². The van der Waals surface area contributed by atoms with Crippen molar-refractivity contribution < 1.29 is 28.2 Å². The maximum absolute atomic E-state index is 14.1. The Morgan fingerprint density at radius 2 is 1.67 bits per heavy atom. The number of ether oxygens (including phenoxy) is 2. The molecule has 0 aliphatic carbocycles. The van der Waals surface area contributed by atoms with Crippen LogP contribution in [0.1, 0.15) is 11.1 Å². The molecule has 2 aromatic carbocycles. The standard InChI is InChI=1S/C20H16Cl2F2O4S2/c21-13-3-1-5-15(23)11(13)7-29-9-17-19(18(26)20(28-17)27-10-25)30-8-12-14(22)4-2-6-16(12)24/h1-6,10,17,20,26H,7-9H2. The molecule has 2 unspecified atom stereocenters. The van der Waals surface area contributed by atoms with Gasteiger partial charge in [0, 0.05) is 38.4 Å². The number of halogens is 4. The Bertz CT molecular complexity index is 918. The number of aliphatic hydroxyl groups is 1. The average Bonchev–Trinajstić information content (AvgIpc) is 2.99. The number of carbonyl (C=O) groups excluding carboxylic acids is 1. The lowest BCUT2D eigenvalue weighted by atomic mass is 10.2. The van der Waals surface area contributed by atoms with Crippen molar-refractivity contribution in [3.63, 3.8) is 0 Å². The van der Waals surface area contributed by atoms with Crippen LogP contribution in [0.4, 0.5) is 8.78 Å². The van der Waals surface area contributed by atoms with Crippen LogP contribution in [-0.2, 0) is 25.8 Å². The molecule has 4 nitrogen and oxygen atoms in total. The van der Waals surface area contributed by atoms with Crippen molar-refractivity contribution in [3.05, 3.63) is 79.9 Å². The Hall–Kier alpha value is -1.45. The Morgan fingerprint density at radius 1 is 1.07 bits per heavy atom. The summed E-state index contributed by atoms with van der Waals surface area (Å²) in [5.74, 6) is -0.387. The Kier molecular flexibility index (Phi) is 8.30. The summed E-state index contributed by atoms with van der Waals surface area (Å²) in [6, 6.07) is 8.83. The van der Waals surface area contributed by atoms with Crippen LogP contribution in [0.5, 0.6) is 0 Å². The van der Waals surface area contributed by atoms with E-state index in [9.17, 15) is 18.7 Å². The fourth-order valence-electron chi connectivity index (χ4n) is 2.74. The van der Waals surface area contributed by atoms with E-state index in [0.29, 0.717) is 21.2 Å². The third-order valence-corrected chi connectivity index (χ3v) is 7.20. The molecular formula is C20H16Cl2F2O4S2. The molecular weight excluding hydrogens is 477 g/mol. The second kappa shape index (κ2) is 10.7. The van der Waals surface area contributed by atoms with Crippen molar-refractivity contribution >= 4 is 53.2 Å². The van der Waals surface area contributed by atoms with E-state index in [4.69, 9.17) is 32.7 Å². The van der Waals surface area contributed by atoms with E-state index >= 15 is 0 Å². The maximum Gasteiger partial charge on any atom is 0.295 e. The number of carbonyl (C=O) groups is 1. The quantitative estimate of drug-likeness (QED) is 0.426. The first kappa shape index (κ1) is 23.2. The van der Waals surface area contributed by atoms with E-state index < -0.39 is 24.0 Å². The number of aliphatic hydroxyl groups excluding tert-OH is 1. The van der Waals surface area contributed by atoms with Crippen LogP contribution < -0.4 is 0 Å². The summed E-state index contributed by atoms with van der Waals surface area (Å²) in [4.78, 5) is 11.1. The molecule has 1 aliphatic heterocycles. The summed E-state index contributed by atoms with van der Waals surface area (Å²) in [6.45, 7) is 0.172. The van der Waals surface area contributed by atoms with Gasteiger partial charge in [0.25, 0.3) is 12.8 Å². The fraction of sp³-hybridized carbons (Fsp3) is 0.250. The summed E-state index contributed by atoms with van der Waals surface area (Å²) in [7, 11) is 0. The lowest BCUT2D eigenvalue weighted by molar-refractivity contribution is -0.159. The maximum atomic E-state index is 14.1. The van der Waals surface area contributed by atoms with Crippen LogP contribution in [0.15, 0.2) is 47.1 Å². The minimum atomic E-state index is -1.25. The topological polar surface area (TPSA) is 55.8 Å². The van der Waals surface area contributed by atoms with Gasteiger partial charge in [-0.1, -0.05) is 35.3 Å². The van der Waals surface area contributed by atoms with Gasteiger partial charge < -0.3 is 14.6 Å². The van der Waals surface area contributed by atoms with Crippen LogP contribution in [0, 0.1) is 11.6 Å². The van der Waals surface area contributed by atoms with Crippen LogP contribution in [0.3, 0.4) is 0 Å². The van der Waals surface area contributed by atoms with Crippen LogP contribution in [-0.4, -0.2) is 29.7 Å². The fourth-order valence-corrected chi connectivity index (χ4v) is 5.70. The molecule has 2 aromatic rings. The highest BCUT2D eigenvalue weighted by Crippen LogP contribution is 2.39. The van der Waals surface area contributed by atoms with Gasteiger partial charge in [0.2, 0.25) is 0 Å². The molecule has 1 N–H and O–H groups in total. The largest absolute Gasteiger partial charge is 0.505 e. The second-order valence-electron chi connectivity index (χ2n) is 6.14. The van der Waals surface area contributed by atoms with Crippen LogP contribution in [0.2, 0.25) is 10.0 Å². The molecule has 0 spiro atoms. The van der Waals surface area contributed by atoms with Gasteiger partial charge in [-0.15, -0.1) is 11.8 Å². The lowest BCUT2D eigenvalue weighted by Gasteiger charge is -2.15. The smallest absolute Gasteiger partial charge is 0.295 e. The predicted octanol–water partition coefficient (Wildman–Crippen LogP) is 6.11. The van der Waals surface area contributed by atoms with E-state index in [2.05, 4.69) is 0 Å². The van der Waals surface area contributed by atoms with E-state index in [-0.39, 0.29) is 34.3 Å². The second-order valence-corrected chi connectivity index (χ2v) is 9.00. The number of hydrogen-bond donors (Lipinski definition) is 1. The van der Waals surface area contributed by atoms with Crippen LogP contribution >= 0.6 is 46.7 Å². The zero-order valence-electron chi connectivity index (χ0n) is 15.3. The molecule has 0 radical (unpaired) electrons. The highest BCUT2D eigenvalue weighted by Gasteiger charge is 2.36. The van der Waals surface area contributed by atoms with E-state index in [1.807, 2.05) is 0 Å². The van der Waals surface area contributed by atoms with Crippen molar-refractivity contribution in [3.8, 4) is 0 Å². The summed E-state index contributed by atoms with van der Waals surface area (Å²) >= 11 is 14.6. The van der Waals surface area contributed by atoms with Gasteiger partial charge in [0.05, 0.1) is 4.91 Å². The van der Waals surface area contributed by atoms with Gasteiger partial charge in [-0.25, -0.2) is 8.78 Å². The molecule has 30 heavy (non-hydrogen) atoms. The number of rotatable bonds is 9. The van der Waals surface area contributed by atoms with Crippen molar-refractivity contribution in [1.29, 1.82) is 0 Å². The van der Waals surface area contributed by atoms with Gasteiger partial charge in [-0.05, 0) is 24.3 Å². The van der Waals surface area contributed by atoms with Gasteiger partial charge in [0.15, 0.2) is 5.76 Å². The summed E-state index contributed by atoms with van der Waals surface area (Å²) < 4.78 is 38.4. The van der Waals surface area contributed by atoms with Gasteiger partial charge in [-0.3, -0.25) is 4.79 Å². The molecule has 0 bridgehead atoms. The summed E-state index contributed by atoms with van der Waals surface area (Å²) in [5, 5.41) is 11.0. The molecule has 0 amide bonds. The molecule has 1 heterocycles. The minimum Gasteiger partial charge on any atom is -0.505 e. The lowest BCUT2D eigenvalue weighted by Crippen LogP contribution is -2.19. The summed E-state index contributed by atoms with van der Waals surface area (Å²) in [5.41, 5.74) is 0.650. The first-order chi connectivity index (χ1) is 14.4. The van der Waals surface area contributed by atoms with Crippen molar-refractivity contribution in [2.75, 3.05) is 5.75 Å². The van der Waals surface area contributed by atoms with Gasteiger partial charge in [0.1, 0.15) is 17.7 Å². The molecule has 1 aliphatic rings. The van der Waals surface area contributed by atoms with Crippen LogP contribution in [0.25, 0.3) is 0 Å². The first-order valence-corrected chi connectivity index (χ1v) is 11.6. The predicted molar refractivity (Wildman–Crippen MR) is 116 cm³/mol. The third-order valence-electron chi connectivity index (χ3n) is 4.25. The number of thioether (sulfide) groups is 2. The zero-order chi connectivity index (χ0) is 21.7. The average molecular weight is 493 g/mol. The molecule has 10 heteroatoms. The highest BCUT2D eigenvalue weighted by atomic mass is 35.5. The first-order valence-electron chi connectivity index (χ1n) is 8.66. The molecule has 0 saturated carbocycles. The summed E-state index contributed by atoms with van der Waals surface area (Å²) in [6.07, 6.45) is -1.88. The van der Waals surface area contributed by atoms with Crippen molar-refractivity contribution in [2.24, 2.45) is 0 Å². The Balaban J connectivity index is 1.70. The normalized spacial score (nSPS) is 18.7. The number of hydrogen-bond acceptors (Lipinski definition) is 6. The SMILES string of the molecule is O=COC1OC(CSCc2c(F)cccc2Cl)C(SCc2c(F)cccc2Cl)=C1O. The molecule has 0 aromatic heterocycles. The zero-order valence-corrected chi connectivity index (χ0v) is 18.5. The molecule has 2 atom stereocenters. The van der Waals surface area contributed by atoms with Gasteiger partial charge >= 0.3 is 0 Å². The Morgan fingerprint density at radius 3 is 2.23 bits per heavy atom. The van der Waals surface area contributed by atoms with E-state index in [1.165, 1.54) is 36.0 Å². The number of benzene rings is 2. The monoisotopic (exact) mass is 492 g/mol. The van der Waals surface area contributed by atoms with E-state index in [0.717, 1.165) is 11.8 Å². The third kappa shape index (κ3) is 5.42.